The zero-order valence-corrected chi connectivity index (χ0v) is 18.2. The van der Waals surface area contributed by atoms with Crippen LogP contribution in [0.3, 0.4) is 0 Å². The molecule has 166 valence electrons. The molecule has 1 aliphatic rings. The van der Waals surface area contributed by atoms with Gasteiger partial charge in [-0.2, -0.15) is 0 Å². The van der Waals surface area contributed by atoms with Crippen LogP contribution in [0.4, 0.5) is 5.69 Å². The minimum atomic E-state index is -0.490. The molecule has 0 radical (unpaired) electrons. The molecule has 1 fully saturated rings. The summed E-state index contributed by atoms with van der Waals surface area (Å²) in [6.07, 6.45) is 2.48. The minimum Gasteiger partial charge on any atom is -0.310 e. The SMILES string of the molecule is CN(C)Cc1nnc(CNCC2CC2)n1-c1ccc([N+](=O)[O-])cc1C(=O)c1ccccc1. The number of carbonyl (C=O) groups excluding carboxylic acids is 1. The van der Waals surface area contributed by atoms with Crippen LogP contribution in [0.5, 0.6) is 0 Å². The summed E-state index contributed by atoms with van der Waals surface area (Å²) in [6.45, 7) is 1.91. The summed E-state index contributed by atoms with van der Waals surface area (Å²) < 4.78 is 1.85. The number of hydrogen-bond acceptors (Lipinski definition) is 7. The maximum absolute atomic E-state index is 13.4. The molecule has 1 N–H and O–H groups in total. The van der Waals surface area contributed by atoms with Gasteiger partial charge in [0.15, 0.2) is 17.4 Å². The summed E-state index contributed by atoms with van der Waals surface area (Å²) >= 11 is 0. The molecule has 0 spiro atoms. The molecule has 0 amide bonds. The molecule has 1 aromatic heterocycles. The van der Waals surface area contributed by atoms with Crippen LogP contribution >= 0.6 is 0 Å². The normalized spacial score (nSPS) is 13.5. The van der Waals surface area contributed by atoms with E-state index in [2.05, 4.69) is 15.5 Å². The van der Waals surface area contributed by atoms with E-state index in [1.807, 2.05) is 29.6 Å². The molecule has 4 rings (SSSR count). The van der Waals surface area contributed by atoms with Crippen molar-refractivity contribution in [3.63, 3.8) is 0 Å². The van der Waals surface area contributed by atoms with Crippen molar-refractivity contribution in [2.75, 3.05) is 20.6 Å². The number of nitro groups is 1. The van der Waals surface area contributed by atoms with Crippen molar-refractivity contribution in [2.24, 2.45) is 5.92 Å². The third-order valence-corrected chi connectivity index (χ3v) is 5.38. The van der Waals surface area contributed by atoms with Crippen LogP contribution in [-0.4, -0.2) is 51.0 Å². The molecular formula is C23H26N6O3. The zero-order chi connectivity index (χ0) is 22.7. The monoisotopic (exact) mass is 434 g/mol. The van der Waals surface area contributed by atoms with E-state index in [0.717, 1.165) is 6.54 Å². The number of rotatable bonds is 10. The number of non-ortho nitro benzene ring substituents is 1. The van der Waals surface area contributed by atoms with Crippen LogP contribution in [0, 0.1) is 16.0 Å². The van der Waals surface area contributed by atoms with Gasteiger partial charge in [-0.05, 0) is 45.5 Å². The molecule has 2 aromatic carbocycles. The van der Waals surface area contributed by atoms with E-state index >= 15 is 0 Å². The Labute approximate surface area is 186 Å². The number of aromatic nitrogens is 3. The fraction of sp³-hybridized carbons (Fsp3) is 0.348. The van der Waals surface area contributed by atoms with Gasteiger partial charge >= 0.3 is 0 Å². The van der Waals surface area contributed by atoms with E-state index < -0.39 is 4.92 Å². The number of nitrogens with zero attached hydrogens (tertiary/aromatic N) is 5. The van der Waals surface area contributed by atoms with Crippen molar-refractivity contribution in [3.05, 3.63) is 81.4 Å². The van der Waals surface area contributed by atoms with Gasteiger partial charge in [0.05, 0.1) is 29.3 Å². The smallest absolute Gasteiger partial charge is 0.270 e. The summed E-state index contributed by atoms with van der Waals surface area (Å²) in [5.41, 5.74) is 1.11. The number of benzene rings is 2. The predicted octanol–water partition coefficient (Wildman–Crippen LogP) is 2.97. The van der Waals surface area contributed by atoms with E-state index in [-0.39, 0.29) is 17.0 Å². The second-order valence-corrected chi connectivity index (χ2v) is 8.33. The molecule has 0 atom stereocenters. The van der Waals surface area contributed by atoms with Crippen LogP contribution in [0.1, 0.15) is 40.4 Å². The van der Waals surface area contributed by atoms with Crippen molar-refractivity contribution in [1.82, 2.24) is 25.0 Å². The highest BCUT2D eigenvalue weighted by atomic mass is 16.6. The molecule has 1 aliphatic carbocycles. The standard InChI is InChI=1S/C23H26N6O3/c1-27(2)15-22-26-25-21(14-24-13-16-8-9-16)28(22)20-11-10-18(29(31)32)12-19(20)23(30)17-6-4-3-5-7-17/h3-7,10-12,16,24H,8-9,13-15H2,1-2H3. The average Bonchev–Trinajstić information content (AvgIpc) is 3.53. The molecule has 0 saturated heterocycles. The summed E-state index contributed by atoms with van der Waals surface area (Å²) in [6, 6.07) is 13.1. The second kappa shape index (κ2) is 9.37. The lowest BCUT2D eigenvalue weighted by molar-refractivity contribution is -0.384. The third kappa shape index (κ3) is 4.90. The van der Waals surface area contributed by atoms with E-state index in [4.69, 9.17) is 0 Å². The first-order valence-electron chi connectivity index (χ1n) is 10.6. The first-order valence-corrected chi connectivity index (χ1v) is 10.6. The Morgan fingerprint density at radius 2 is 1.88 bits per heavy atom. The Kier molecular flexibility index (Phi) is 6.38. The van der Waals surface area contributed by atoms with Gasteiger partial charge in [0, 0.05) is 17.7 Å². The molecule has 1 heterocycles. The van der Waals surface area contributed by atoms with Crippen LogP contribution in [0.25, 0.3) is 5.69 Å². The Bertz CT molecular complexity index is 1120. The average molecular weight is 435 g/mol. The number of nitrogens with one attached hydrogen (secondary N) is 1. The molecule has 9 heteroatoms. The van der Waals surface area contributed by atoms with E-state index in [9.17, 15) is 14.9 Å². The second-order valence-electron chi connectivity index (χ2n) is 8.33. The molecule has 9 nitrogen and oxygen atoms in total. The van der Waals surface area contributed by atoms with Gasteiger partial charge in [-0.1, -0.05) is 30.3 Å². The number of hydrogen-bond donors (Lipinski definition) is 1. The molecule has 32 heavy (non-hydrogen) atoms. The van der Waals surface area contributed by atoms with Gasteiger partial charge in [0.1, 0.15) is 0 Å². The fourth-order valence-electron chi connectivity index (χ4n) is 3.60. The van der Waals surface area contributed by atoms with Crippen LogP contribution in [-0.2, 0) is 13.1 Å². The minimum absolute atomic E-state index is 0.135. The van der Waals surface area contributed by atoms with Crippen molar-refractivity contribution in [3.8, 4) is 5.69 Å². The van der Waals surface area contributed by atoms with Gasteiger partial charge in [-0.3, -0.25) is 19.5 Å². The highest BCUT2D eigenvalue weighted by Gasteiger charge is 2.25. The number of carbonyl (C=O) groups is 1. The van der Waals surface area contributed by atoms with E-state index in [1.54, 1.807) is 30.3 Å². The first-order chi connectivity index (χ1) is 15.4. The van der Waals surface area contributed by atoms with Crippen molar-refractivity contribution in [1.29, 1.82) is 0 Å². The number of ketones is 1. The van der Waals surface area contributed by atoms with Gasteiger partial charge in [0.25, 0.3) is 5.69 Å². The zero-order valence-electron chi connectivity index (χ0n) is 18.2. The first kappa shape index (κ1) is 21.8. The van der Waals surface area contributed by atoms with Crippen molar-refractivity contribution < 1.29 is 9.72 Å². The molecule has 0 aliphatic heterocycles. The third-order valence-electron chi connectivity index (χ3n) is 5.38. The molecule has 1 saturated carbocycles. The Hall–Kier alpha value is -3.43. The van der Waals surface area contributed by atoms with Gasteiger partial charge in [-0.25, -0.2) is 0 Å². The van der Waals surface area contributed by atoms with Gasteiger partial charge < -0.3 is 10.2 Å². The van der Waals surface area contributed by atoms with Crippen molar-refractivity contribution in [2.45, 2.75) is 25.9 Å². The highest BCUT2D eigenvalue weighted by Crippen LogP contribution is 2.28. The summed E-state index contributed by atoms with van der Waals surface area (Å²) in [5, 5.41) is 23.6. The van der Waals surface area contributed by atoms with Crippen LogP contribution in [0.15, 0.2) is 48.5 Å². The highest BCUT2D eigenvalue weighted by molar-refractivity contribution is 6.11. The molecule has 0 bridgehead atoms. The summed E-state index contributed by atoms with van der Waals surface area (Å²) in [7, 11) is 3.85. The van der Waals surface area contributed by atoms with E-state index in [0.29, 0.717) is 41.9 Å². The lowest BCUT2D eigenvalue weighted by Gasteiger charge is -2.16. The topological polar surface area (TPSA) is 106 Å². The Morgan fingerprint density at radius 1 is 1.16 bits per heavy atom. The Morgan fingerprint density at radius 3 is 2.53 bits per heavy atom. The maximum Gasteiger partial charge on any atom is 0.270 e. The Balaban J connectivity index is 1.81. The predicted molar refractivity (Wildman–Crippen MR) is 120 cm³/mol. The van der Waals surface area contributed by atoms with Crippen LogP contribution < -0.4 is 5.32 Å². The van der Waals surface area contributed by atoms with Crippen LogP contribution in [0.2, 0.25) is 0 Å². The van der Waals surface area contributed by atoms with Gasteiger partial charge in [-0.15, -0.1) is 10.2 Å². The number of nitro benzene ring substituents is 1. The molecule has 0 unspecified atom stereocenters. The maximum atomic E-state index is 13.4. The lowest BCUT2D eigenvalue weighted by atomic mass is 10.0. The fourth-order valence-corrected chi connectivity index (χ4v) is 3.60. The van der Waals surface area contributed by atoms with Crippen molar-refractivity contribution >= 4 is 11.5 Å². The van der Waals surface area contributed by atoms with E-state index in [1.165, 1.54) is 25.0 Å². The quantitative estimate of drug-likeness (QED) is 0.297. The largest absolute Gasteiger partial charge is 0.310 e. The summed E-state index contributed by atoms with van der Waals surface area (Å²) in [4.78, 5) is 26.3. The molecule has 3 aromatic rings. The molecular weight excluding hydrogens is 408 g/mol. The van der Waals surface area contributed by atoms with Gasteiger partial charge in [0.2, 0.25) is 0 Å². The lowest BCUT2D eigenvalue weighted by Crippen LogP contribution is -2.22. The summed E-state index contributed by atoms with van der Waals surface area (Å²) in [5.74, 6) is 1.75.